The number of hydrogen-bond donors (Lipinski definition) is 1. The van der Waals surface area contributed by atoms with Gasteiger partial charge in [0.25, 0.3) is 0 Å². The molecule has 0 spiro atoms. The molecule has 88 valence electrons. The number of oxazole rings is 1. The van der Waals surface area contributed by atoms with Crippen molar-refractivity contribution in [1.82, 2.24) is 10.3 Å². The molecule has 0 saturated carbocycles. The number of nitrogens with one attached hydrogen (secondary N) is 1. The summed E-state index contributed by atoms with van der Waals surface area (Å²) in [6.45, 7) is 2.57. The number of rotatable bonds is 4. The van der Waals surface area contributed by atoms with E-state index in [0.717, 1.165) is 5.56 Å². The summed E-state index contributed by atoms with van der Waals surface area (Å²) < 4.78 is 4.81. The SMILES string of the molecule is Cc1ccccc1CNC(=O)Cc1cocn1. The predicted molar refractivity (Wildman–Crippen MR) is 63.2 cm³/mol. The molecule has 0 radical (unpaired) electrons. The average Bonchev–Trinajstić information content (AvgIpc) is 2.81. The van der Waals surface area contributed by atoms with Crippen LogP contribution >= 0.6 is 0 Å². The molecule has 1 amide bonds. The molecule has 0 fully saturated rings. The van der Waals surface area contributed by atoms with Gasteiger partial charge in [0.05, 0.1) is 12.1 Å². The van der Waals surface area contributed by atoms with Crippen molar-refractivity contribution in [2.24, 2.45) is 0 Å². The molecular weight excluding hydrogens is 216 g/mol. The first-order valence-electron chi connectivity index (χ1n) is 5.44. The zero-order valence-electron chi connectivity index (χ0n) is 9.64. The summed E-state index contributed by atoms with van der Waals surface area (Å²) in [7, 11) is 0. The maximum Gasteiger partial charge on any atom is 0.226 e. The van der Waals surface area contributed by atoms with Crippen LogP contribution in [-0.2, 0) is 17.8 Å². The van der Waals surface area contributed by atoms with Gasteiger partial charge in [0.15, 0.2) is 6.39 Å². The highest BCUT2D eigenvalue weighted by Crippen LogP contribution is 2.06. The average molecular weight is 230 g/mol. The van der Waals surface area contributed by atoms with Gasteiger partial charge in [-0.15, -0.1) is 0 Å². The summed E-state index contributed by atoms with van der Waals surface area (Å²) in [6, 6.07) is 7.98. The fraction of sp³-hybridized carbons (Fsp3) is 0.231. The summed E-state index contributed by atoms with van der Waals surface area (Å²) in [5.41, 5.74) is 2.95. The normalized spacial score (nSPS) is 10.2. The van der Waals surface area contributed by atoms with E-state index in [9.17, 15) is 4.79 Å². The first-order valence-corrected chi connectivity index (χ1v) is 5.44. The van der Waals surface area contributed by atoms with Crippen LogP contribution in [0.5, 0.6) is 0 Å². The van der Waals surface area contributed by atoms with Crippen LogP contribution in [0.15, 0.2) is 41.3 Å². The maximum absolute atomic E-state index is 11.6. The number of aromatic nitrogens is 1. The van der Waals surface area contributed by atoms with Crippen molar-refractivity contribution in [2.45, 2.75) is 19.9 Å². The topological polar surface area (TPSA) is 55.1 Å². The second-order valence-corrected chi connectivity index (χ2v) is 3.86. The minimum absolute atomic E-state index is 0.0536. The molecule has 0 aliphatic rings. The van der Waals surface area contributed by atoms with Crippen LogP contribution in [0.4, 0.5) is 0 Å². The van der Waals surface area contributed by atoms with E-state index < -0.39 is 0 Å². The molecular formula is C13H14N2O2. The number of carbonyl (C=O) groups excluding carboxylic acids is 1. The van der Waals surface area contributed by atoms with Gasteiger partial charge in [0.1, 0.15) is 6.26 Å². The minimum Gasteiger partial charge on any atom is -0.451 e. The summed E-state index contributed by atoms with van der Waals surface area (Å²) in [6.07, 6.45) is 3.06. The Balaban J connectivity index is 1.86. The molecule has 1 N–H and O–H groups in total. The molecule has 2 aromatic rings. The lowest BCUT2D eigenvalue weighted by Crippen LogP contribution is -2.24. The van der Waals surface area contributed by atoms with E-state index in [0.29, 0.717) is 12.2 Å². The zero-order valence-corrected chi connectivity index (χ0v) is 9.64. The Labute approximate surface area is 99.7 Å². The molecule has 4 nitrogen and oxygen atoms in total. The van der Waals surface area contributed by atoms with Gasteiger partial charge >= 0.3 is 0 Å². The number of hydrogen-bond acceptors (Lipinski definition) is 3. The maximum atomic E-state index is 11.6. The molecule has 1 aromatic carbocycles. The van der Waals surface area contributed by atoms with Gasteiger partial charge in [-0.05, 0) is 18.1 Å². The van der Waals surface area contributed by atoms with Crippen molar-refractivity contribution in [1.29, 1.82) is 0 Å². The van der Waals surface area contributed by atoms with Crippen molar-refractivity contribution in [3.05, 3.63) is 53.7 Å². The van der Waals surface area contributed by atoms with E-state index in [2.05, 4.69) is 10.3 Å². The molecule has 0 bridgehead atoms. The molecule has 1 heterocycles. The monoisotopic (exact) mass is 230 g/mol. The molecule has 0 atom stereocenters. The van der Waals surface area contributed by atoms with Gasteiger partial charge in [-0.25, -0.2) is 4.98 Å². The highest BCUT2D eigenvalue weighted by molar-refractivity contribution is 5.77. The fourth-order valence-electron chi connectivity index (χ4n) is 1.55. The predicted octanol–water partition coefficient (Wildman–Crippen LogP) is 1.84. The smallest absolute Gasteiger partial charge is 0.226 e. The van der Waals surface area contributed by atoms with Crippen LogP contribution in [0, 0.1) is 6.92 Å². The quantitative estimate of drug-likeness (QED) is 0.872. The third-order valence-corrected chi connectivity index (χ3v) is 2.56. The van der Waals surface area contributed by atoms with E-state index in [-0.39, 0.29) is 12.3 Å². The van der Waals surface area contributed by atoms with Gasteiger partial charge in [-0.3, -0.25) is 4.79 Å². The van der Waals surface area contributed by atoms with Gasteiger partial charge in [-0.1, -0.05) is 24.3 Å². The Kier molecular flexibility index (Phi) is 3.55. The van der Waals surface area contributed by atoms with Crippen molar-refractivity contribution < 1.29 is 9.21 Å². The van der Waals surface area contributed by atoms with Gasteiger partial charge in [-0.2, -0.15) is 0 Å². The molecule has 0 saturated heterocycles. The number of nitrogens with zero attached hydrogens (tertiary/aromatic N) is 1. The Morgan fingerprint density at radius 3 is 2.94 bits per heavy atom. The first-order chi connectivity index (χ1) is 8.25. The summed E-state index contributed by atoms with van der Waals surface area (Å²) in [4.78, 5) is 15.5. The highest BCUT2D eigenvalue weighted by atomic mass is 16.3. The van der Waals surface area contributed by atoms with E-state index >= 15 is 0 Å². The lowest BCUT2D eigenvalue weighted by molar-refractivity contribution is -0.120. The standard InChI is InChI=1S/C13H14N2O2/c1-10-4-2-3-5-11(10)7-14-13(16)6-12-8-17-9-15-12/h2-5,8-9H,6-7H2,1H3,(H,14,16). The Morgan fingerprint density at radius 1 is 1.41 bits per heavy atom. The minimum atomic E-state index is -0.0536. The summed E-state index contributed by atoms with van der Waals surface area (Å²) >= 11 is 0. The number of carbonyl (C=O) groups is 1. The Bertz CT molecular complexity index is 492. The van der Waals surface area contributed by atoms with Crippen LogP contribution in [0.1, 0.15) is 16.8 Å². The van der Waals surface area contributed by atoms with E-state index in [1.165, 1.54) is 18.2 Å². The second kappa shape index (κ2) is 5.30. The molecule has 1 aromatic heterocycles. The van der Waals surface area contributed by atoms with Crippen molar-refractivity contribution >= 4 is 5.91 Å². The van der Waals surface area contributed by atoms with Gasteiger partial charge in [0.2, 0.25) is 5.91 Å². The molecule has 0 unspecified atom stereocenters. The van der Waals surface area contributed by atoms with E-state index in [1.54, 1.807) is 0 Å². The van der Waals surface area contributed by atoms with Crippen molar-refractivity contribution in [3.63, 3.8) is 0 Å². The van der Waals surface area contributed by atoms with Gasteiger partial charge in [0, 0.05) is 6.54 Å². The third kappa shape index (κ3) is 3.17. The first kappa shape index (κ1) is 11.4. The van der Waals surface area contributed by atoms with Crippen molar-refractivity contribution in [2.75, 3.05) is 0 Å². The van der Waals surface area contributed by atoms with Gasteiger partial charge < -0.3 is 9.73 Å². The fourth-order valence-corrected chi connectivity index (χ4v) is 1.55. The lowest BCUT2D eigenvalue weighted by atomic mass is 10.1. The zero-order chi connectivity index (χ0) is 12.1. The molecule has 0 aliphatic heterocycles. The highest BCUT2D eigenvalue weighted by Gasteiger charge is 2.05. The van der Waals surface area contributed by atoms with Crippen LogP contribution in [-0.4, -0.2) is 10.9 Å². The Morgan fingerprint density at radius 2 is 2.24 bits per heavy atom. The largest absolute Gasteiger partial charge is 0.451 e. The van der Waals surface area contributed by atoms with Crippen LogP contribution in [0.2, 0.25) is 0 Å². The third-order valence-electron chi connectivity index (χ3n) is 2.56. The molecule has 17 heavy (non-hydrogen) atoms. The summed E-state index contributed by atoms with van der Waals surface area (Å²) in [5.74, 6) is -0.0536. The lowest BCUT2D eigenvalue weighted by Gasteiger charge is -2.06. The second-order valence-electron chi connectivity index (χ2n) is 3.86. The molecule has 4 heteroatoms. The Hall–Kier alpha value is -2.10. The number of amides is 1. The van der Waals surface area contributed by atoms with Crippen molar-refractivity contribution in [3.8, 4) is 0 Å². The van der Waals surface area contributed by atoms with Crippen LogP contribution in [0.3, 0.4) is 0 Å². The van der Waals surface area contributed by atoms with Crippen LogP contribution < -0.4 is 5.32 Å². The van der Waals surface area contributed by atoms with E-state index in [4.69, 9.17) is 4.42 Å². The molecule has 2 rings (SSSR count). The molecule has 0 aliphatic carbocycles. The van der Waals surface area contributed by atoms with E-state index in [1.807, 2.05) is 31.2 Å². The number of aryl methyl sites for hydroxylation is 1. The summed E-state index contributed by atoms with van der Waals surface area (Å²) in [5, 5.41) is 2.86. The number of benzene rings is 1. The van der Waals surface area contributed by atoms with Crippen LogP contribution in [0.25, 0.3) is 0 Å².